The number of hydrogen-bond donors (Lipinski definition) is 2. The molecule has 7 nitrogen and oxygen atoms in total. The summed E-state index contributed by atoms with van der Waals surface area (Å²) in [6, 6.07) is 1.21. The molecule has 7 heteroatoms. The molecule has 2 fully saturated rings. The van der Waals surface area contributed by atoms with E-state index in [9.17, 15) is 9.59 Å². The Morgan fingerprint density at radius 1 is 1.30 bits per heavy atom. The number of nitrogens with zero attached hydrogens (tertiary/aromatic N) is 3. The van der Waals surface area contributed by atoms with E-state index in [1.54, 1.807) is 18.3 Å². The number of urea groups is 1. The number of hydrogen-bond acceptors (Lipinski definition) is 5. The molecule has 0 atom stereocenters. The Balaban J connectivity index is 1.70. The topological polar surface area (TPSA) is 87.2 Å². The molecule has 0 aliphatic carbocycles. The zero-order valence-corrected chi connectivity index (χ0v) is 13.2. The third kappa shape index (κ3) is 3.67. The van der Waals surface area contributed by atoms with Crippen molar-refractivity contribution in [2.45, 2.75) is 32.6 Å². The third-order valence-corrected chi connectivity index (χ3v) is 4.27. The van der Waals surface area contributed by atoms with Crippen molar-refractivity contribution in [3.8, 4) is 0 Å². The van der Waals surface area contributed by atoms with Crippen LogP contribution in [0.4, 0.5) is 10.7 Å². The maximum Gasteiger partial charge on any atom is 0.326 e. The Morgan fingerprint density at radius 3 is 2.74 bits per heavy atom. The number of rotatable bonds is 4. The van der Waals surface area contributed by atoms with Crippen LogP contribution in [0.1, 0.15) is 38.3 Å². The highest BCUT2D eigenvalue weighted by molar-refractivity contribution is 6.13. The molecule has 0 unspecified atom stereocenters. The summed E-state index contributed by atoms with van der Waals surface area (Å²) in [5.74, 6) is 1.05. The van der Waals surface area contributed by atoms with E-state index >= 15 is 0 Å². The molecule has 3 heterocycles. The normalized spacial score (nSPS) is 20.7. The van der Waals surface area contributed by atoms with Crippen LogP contribution in [0.15, 0.2) is 18.0 Å². The highest BCUT2D eigenvalue weighted by atomic mass is 16.2. The van der Waals surface area contributed by atoms with Gasteiger partial charge in [-0.05, 0) is 30.9 Å². The minimum absolute atomic E-state index is 0.210. The second kappa shape index (κ2) is 6.76. The molecule has 0 bridgehead atoms. The number of carbonyl (C=O) groups is 2. The summed E-state index contributed by atoms with van der Waals surface area (Å²) in [5, 5.41) is 4.63. The van der Waals surface area contributed by atoms with Crippen LogP contribution >= 0.6 is 0 Å². The van der Waals surface area contributed by atoms with Gasteiger partial charge in [-0.25, -0.2) is 14.8 Å². The fourth-order valence-corrected chi connectivity index (χ4v) is 3.05. The summed E-state index contributed by atoms with van der Waals surface area (Å²) in [6.07, 6.45) is 8.10. The van der Waals surface area contributed by atoms with Gasteiger partial charge in [0, 0.05) is 19.3 Å². The minimum Gasteiger partial charge on any atom is -0.341 e. The molecule has 1 aromatic rings. The summed E-state index contributed by atoms with van der Waals surface area (Å²) in [6.45, 7) is 4.15. The first-order chi connectivity index (χ1) is 11.2. The van der Waals surface area contributed by atoms with E-state index < -0.39 is 11.9 Å². The number of piperidine rings is 1. The van der Waals surface area contributed by atoms with Crippen molar-refractivity contribution in [1.29, 1.82) is 0 Å². The summed E-state index contributed by atoms with van der Waals surface area (Å²) in [4.78, 5) is 33.7. The fourth-order valence-electron chi connectivity index (χ4n) is 3.05. The number of imide groups is 1. The second-order valence-electron chi connectivity index (χ2n) is 5.97. The molecule has 23 heavy (non-hydrogen) atoms. The summed E-state index contributed by atoms with van der Waals surface area (Å²) >= 11 is 0. The van der Waals surface area contributed by atoms with E-state index in [1.807, 2.05) is 0 Å². The first-order valence-electron chi connectivity index (χ1n) is 8.07. The number of anilines is 1. The van der Waals surface area contributed by atoms with Gasteiger partial charge in [-0.15, -0.1) is 0 Å². The predicted molar refractivity (Wildman–Crippen MR) is 86.5 cm³/mol. The Labute approximate surface area is 135 Å². The average Bonchev–Trinajstić information content (AvgIpc) is 2.86. The lowest BCUT2D eigenvalue weighted by molar-refractivity contribution is -0.115. The monoisotopic (exact) mass is 315 g/mol. The van der Waals surface area contributed by atoms with E-state index in [0.29, 0.717) is 11.6 Å². The van der Waals surface area contributed by atoms with Gasteiger partial charge >= 0.3 is 6.03 Å². The van der Waals surface area contributed by atoms with Crippen molar-refractivity contribution >= 4 is 24.0 Å². The third-order valence-electron chi connectivity index (χ3n) is 4.27. The molecule has 0 saturated carbocycles. The molecule has 2 aliphatic rings. The SMILES string of the molecule is CCCC1CCN(c2nccc(/C=C3/NC(=O)NC3=O)n2)CC1. The van der Waals surface area contributed by atoms with E-state index in [-0.39, 0.29) is 5.70 Å². The lowest BCUT2D eigenvalue weighted by Gasteiger charge is -2.31. The van der Waals surface area contributed by atoms with E-state index in [4.69, 9.17) is 0 Å². The largest absolute Gasteiger partial charge is 0.341 e. The number of amides is 3. The fraction of sp³-hybridized carbons (Fsp3) is 0.500. The van der Waals surface area contributed by atoms with Crippen LogP contribution in [-0.2, 0) is 4.79 Å². The Hall–Kier alpha value is -2.44. The smallest absolute Gasteiger partial charge is 0.326 e. The van der Waals surface area contributed by atoms with Gasteiger partial charge in [0.05, 0.1) is 5.69 Å². The molecule has 2 saturated heterocycles. The van der Waals surface area contributed by atoms with E-state index in [0.717, 1.165) is 19.0 Å². The van der Waals surface area contributed by atoms with Crippen LogP contribution < -0.4 is 15.5 Å². The van der Waals surface area contributed by atoms with Crippen molar-refractivity contribution in [2.75, 3.05) is 18.0 Å². The van der Waals surface area contributed by atoms with Gasteiger partial charge in [0.15, 0.2) is 0 Å². The Kier molecular flexibility index (Phi) is 4.55. The Bertz CT molecular complexity index is 635. The molecule has 3 amide bonds. The summed E-state index contributed by atoms with van der Waals surface area (Å²) in [5.41, 5.74) is 0.819. The van der Waals surface area contributed by atoms with Gasteiger partial charge in [0.2, 0.25) is 5.95 Å². The molecule has 122 valence electrons. The van der Waals surface area contributed by atoms with Gasteiger partial charge in [-0.3, -0.25) is 10.1 Å². The lowest BCUT2D eigenvalue weighted by Crippen LogP contribution is -2.34. The lowest BCUT2D eigenvalue weighted by atomic mass is 9.93. The second-order valence-corrected chi connectivity index (χ2v) is 5.97. The minimum atomic E-state index is -0.506. The van der Waals surface area contributed by atoms with Crippen molar-refractivity contribution < 1.29 is 9.59 Å². The number of carbonyl (C=O) groups excluding carboxylic acids is 2. The predicted octanol–water partition coefficient (Wildman–Crippen LogP) is 1.67. The van der Waals surface area contributed by atoms with Crippen molar-refractivity contribution in [3.05, 3.63) is 23.7 Å². The number of nitrogens with one attached hydrogen (secondary N) is 2. The zero-order valence-electron chi connectivity index (χ0n) is 13.2. The molecule has 2 aliphatic heterocycles. The van der Waals surface area contributed by atoms with Crippen molar-refractivity contribution in [2.24, 2.45) is 5.92 Å². The van der Waals surface area contributed by atoms with Gasteiger partial charge in [-0.2, -0.15) is 0 Å². The van der Waals surface area contributed by atoms with Crippen LogP contribution in [-0.4, -0.2) is 35.0 Å². The zero-order chi connectivity index (χ0) is 16.2. The molecular weight excluding hydrogens is 294 g/mol. The highest BCUT2D eigenvalue weighted by Gasteiger charge is 2.23. The van der Waals surface area contributed by atoms with Crippen molar-refractivity contribution in [1.82, 2.24) is 20.6 Å². The molecule has 0 aromatic carbocycles. The first kappa shape index (κ1) is 15.5. The van der Waals surface area contributed by atoms with Gasteiger partial charge in [0.1, 0.15) is 5.70 Å². The number of aromatic nitrogens is 2. The molecular formula is C16H21N5O2. The molecule has 2 N–H and O–H groups in total. The summed E-state index contributed by atoms with van der Waals surface area (Å²) in [7, 11) is 0. The maximum absolute atomic E-state index is 11.6. The van der Waals surface area contributed by atoms with Crippen molar-refractivity contribution in [3.63, 3.8) is 0 Å². The Morgan fingerprint density at radius 2 is 2.09 bits per heavy atom. The molecule has 1 aromatic heterocycles. The van der Waals surface area contributed by atoms with E-state index in [1.165, 1.54) is 25.7 Å². The molecule has 0 radical (unpaired) electrons. The van der Waals surface area contributed by atoms with E-state index in [2.05, 4.69) is 32.4 Å². The average molecular weight is 315 g/mol. The van der Waals surface area contributed by atoms with Crippen LogP contribution in [0, 0.1) is 5.92 Å². The standard InChI is InChI=1S/C16H21N5O2/c1-2-3-11-5-8-21(9-6-11)15-17-7-4-12(18-15)10-13-14(22)20-16(23)19-13/h4,7,10-11H,2-3,5-6,8-9H2,1H3,(H2,19,20,22,23)/b13-10+. The van der Waals surface area contributed by atoms with Gasteiger partial charge < -0.3 is 10.2 Å². The van der Waals surface area contributed by atoms with Crippen LogP contribution in [0.5, 0.6) is 0 Å². The quantitative estimate of drug-likeness (QED) is 0.652. The van der Waals surface area contributed by atoms with Crippen LogP contribution in [0.25, 0.3) is 6.08 Å². The van der Waals surface area contributed by atoms with Gasteiger partial charge in [-0.1, -0.05) is 19.8 Å². The highest BCUT2D eigenvalue weighted by Crippen LogP contribution is 2.24. The molecule has 0 spiro atoms. The van der Waals surface area contributed by atoms with Crippen LogP contribution in [0.2, 0.25) is 0 Å². The van der Waals surface area contributed by atoms with Crippen LogP contribution in [0.3, 0.4) is 0 Å². The van der Waals surface area contributed by atoms with Gasteiger partial charge in [0.25, 0.3) is 5.91 Å². The molecule has 3 rings (SSSR count). The first-order valence-corrected chi connectivity index (χ1v) is 8.07. The summed E-state index contributed by atoms with van der Waals surface area (Å²) < 4.78 is 0. The maximum atomic E-state index is 11.6.